The second kappa shape index (κ2) is 5.87. The number of primary amides is 1. The maximum Gasteiger partial charge on any atom is 0.292 e. The van der Waals surface area contributed by atoms with Gasteiger partial charge in [0, 0.05) is 24.7 Å². The standard InChI is InChI=1S/C13H18N4O3/c14-7-9-2-1-5-16(8-9)12-6-10(13(15)18)3-4-11(12)17(19)20/h3-4,6,9H,1-2,5,7-8,14H2,(H2,15,18). The van der Waals surface area contributed by atoms with E-state index in [9.17, 15) is 14.9 Å². The van der Waals surface area contributed by atoms with Gasteiger partial charge < -0.3 is 16.4 Å². The number of piperidine rings is 1. The van der Waals surface area contributed by atoms with Gasteiger partial charge in [0.05, 0.1) is 4.92 Å². The molecule has 1 aliphatic heterocycles. The van der Waals surface area contributed by atoms with E-state index in [0.29, 0.717) is 24.7 Å². The monoisotopic (exact) mass is 278 g/mol. The van der Waals surface area contributed by atoms with Crippen LogP contribution in [0.3, 0.4) is 0 Å². The van der Waals surface area contributed by atoms with Crippen molar-refractivity contribution in [3.8, 4) is 0 Å². The summed E-state index contributed by atoms with van der Waals surface area (Å²) in [5, 5.41) is 11.1. The molecule has 0 aliphatic carbocycles. The van der Waals surface area contributed by atoms with Crippen LogP contribution in [0.1, 0.15) is 23.2 Å². The summed E-state index contributed by atoms with van der Waals surface area (Å²) in [6.07, 6.45) is 1.95. The Morgan fingerprint density at radius 3 is 2.85 bits per heavy atom. The van der Waals surface area contributed by atoms with Gasteiger partial charge in [-0.1, -0.05) is 0 Å². The Kier molecular flexibility index (Phi) is 4.19. The molecule has 7 nitrogen and oxygen atoms in total. The Morgan fingerprint density at radius 1 is 1.50 bits per heavy atom. The second-order valence-electron chi connectivity index (χ2n) is 5.01. The number of carbonyl (C=O) groups excluding carboxylic acids is 1. The minimum Gasteiger partial charge on any atom is -0.366 e. The Hall–Kier alpha value is -2.15. The zero-order valence-electron chi connectivity index (χ0n) is 11.1. The van der Waals surface area contributed by atoms with E-state index in [1.165, 1.54) is 18.2 Å². The van der Waals surface area contributed by atoms with Crippen molar-refractivity contribution in [2.45, 2.75) is 12.8 Å². The summed E-state index contributed by atoms with van der Waals surface area (Å²) in [7, 11) is 0. The van der Waals surface area contributed by atoms with E-state index in [2.05, 4.69) is 0 Å². The molecule has 1 unspecified atom stereocenters. The first kappa shape index (κ1) is 14.3. The molecular formula is C13H18N4O3. The van der Waals surface area contributed by atoms with E-state index in [4.69, 9.17) is 11.5 Å². The molecule has 7 heteroatoms. The molecule has 0 aromatic heterocycles. The van der Waals surface area contributed by atoms with Gasteiger partial charge in [-0.2, -0.15) is 0 Å². The molecule has 2 rings (SSSR count). The lowest BCUT2D eigenvalue weighted by Gasteiger charge is -2.33. The fourth-order valence-corrected chi connectivity index (χ4v) is 2.56. The molecule has 0 radical (unpaired) electrons. The summed E-state index contributed by atoms with van der Waals surface area (Å²) in [4.78, 5) is 23.9. The van der Waals surface area contributed by atoms with E-state index < -0.39 is 10.8 Å². The van der Waals surface area contributed by atoms with E-state index in [-0.39, 0.29) is 11.3 Å². The normalized spacial score (nSPS) is 18.9. The predicted molar refractivity (Wildman–Crippen MR) is 75.6 cm³/mol. The molecule has 0 bridgehead atoms. The largest absolute Gasteiger partial charge is 0.366 e. The molecule has 1 aromatic rings. The zero-order chi connectivity index (χ0) is 14.7. The fourth-order valence-electron chi connectivity index (χ4n) is 2.56. The highest BCUT2D eigenvalue weighted by Crippen LogP contribution is 2.32. The van der Waals surface area contributed by atoms with Gasteiger partial charge in [0.1, 0.15) is 5.69 Å². The SMILES string of the molecule is NCC1CCCN(c2cc(C(N)=O)ccc2[N+](=O)[O-])C1. The van der Waals surface area contributed by atoms with Crippen molar-refractivity contribution in [2.24, 2.45) is 17.4 Å². The number of amides is 1. The predicted octanol–water partition coefficient (Wildman–Crippen LogP) is 0.869. The minimum absolute atomic E-state index is 0.00679. The van der Waals surface area contributed by atoms with Crippen molar-refractivity contribution in [1.29, 1.82) is 0 Å². The molecule has 4 N–H and O–H groups in total. The highest BCUT2D eigenvalue weighted by molar-refractivity contribution is 5.94. The quantitative estimate of drug-likeness (QED) is 0.626. The Labute approximate surface area is 116 Å². The van der Waals surface area contributed by atoms with Crippen LogP contribution in [0.2, 0.25) is 0 Å². The molecule has 1 saturated heterocycles. The van der Waals surface area contributed by atoms with Crippen LogP contribution in [0, 0.1) is 16.0 Å². The second-order valence-corrected chi connectivity index (χ2v) is 5.01. The molecular weight excluding hydrogens is 260 g/mol. The van der Waals surface area contributed by atoms with Gasteiger partial charge in [-0.15, -0.1) is 0 Å². The van der Waals surface area contributed by atoms with Crippen molar-refractivity contribution in [1.82, 2.24) is 0 Å². The third-order valence-corrected chi connectivity index (χ3v) is 3.65. The summed E-state index contributed by atoms with van der Waals surface area (Å²) in [5.74, 6) is -0.269. The summed E-state index contributed by atoms with van der Waals surface area (Å²) < 4.78 is 0. The van der Waals surface area contributed by atoms with E-state index in [1.807, 2.05) is 4.90 Å². The van der Waals surface area contributed by atoms with Gasteiger partial charge in [0.2, 0.25) is 5.91 Å². The average molecular weight is 278 g/mol. The van der Waals surface area contributed by atoms with Crippen LogP contribution in [-0.2, 0) is 0 Å². The number of nitro benzene ring substituents is 1. The molecule has 20 heavy (non-hydrogen) atoms. The van der Waals surface area contributed by atoms with Gasteiger partial charge in [0.25, 0.3) is 5.69 Å². The Morgan fingerprint density at radius 2 is 2.25 bits per heavy atom. The number of nitro groups is 1. The van der Waals surface area contributed by atoms with Crippen molar-refractivity contribution >= 4 is 17.3 Å². The fraction of sp³-hybridized carbons (Fsp3) is 0.462. The van der Waals surface area contributed by atoms with Crippen LogP contribution in [0.5, 0.6) is 0 Å². The van der Waals surface area contributed by atoms with Crippen LogP contribution in [0.4, 0.5) is 11.4 Å². The van der Waals surface area contributed by atoms with Crippen LogP contribution in [0.25, 0.3) is 0 Å². The lowest BCUT2D eigenvalue weighted by Crippen LogP contribution is -2.38. The van der Waals surface area contributed by atoms with Crippen LogP contribution >= 0.6 is 0 Å². The first-order valence-corrected chi connectivity index (χ1v) is 6.56. The Bertz CT molecular complexity index is 532. The molecule has 1 amide bonds. The van der Waals surface area contributed by atoms with E-state index in [0.717, 1.165) is 19.4 Å². The van der Waals surface area contributed by atoms with Crippen LogP contribution in [0.15, 0.2) is 18.2 Å². The molecule has 0 saturated carbocycles. The summed E-state index contributed by atoms with van der Waals surface area (Å²) >= 11 is 0. The first-order chi connectivity index (χ1) is 9.52. The first-order valence-electron chi connectivity index (χ1n) is 6.56. The third kappa shape index (κ3) is 2.88. The number of carbonyl (C=O) groups is 1. The Balaban J connectivity index is 2.38. The maximum atomic E-state index is 11.3. The van der Waals surface area contributed by atoms with Gasteiger partial charge in [-0.3, -0.25) is 14.9 Å². The number of nitrogens with two attached hydrogens (primary N) is 2. The van der Waals surface area contributed by atoms with Gasteiger partial charge in [-0.05, 0) is 37.4 Å². The molecule has 1 atom stereocenters. The van der Waals surface area contributed by atoms with E-state index >= 15 is 0 Å². The lowest BCUT2D eigenvalue weighted by atomic mass is 9.97. The highest BCUT2D eigenvalue weighted by atomic mass is 16.6. The number of nitrogens with zero attached hydrogens (tertiary/aromatic N) is 2. The van der Waals surface area contributed by atoms with E-state index in [1.54, 1.807) is 0 Å². The van der Waals surface area contributed by atoms with Crippen molar-refractivity contribution in [3.63, 3.8) is 0 Å². The summed E-state index contributed by atoms with van der Waals surface area (Å²) in [6, 6.07) is 4.22. The lowest BCUT2D eigenvalue weighted by molar-refractivity contribution is -0.384. The number of rotatable bonds is 4. The highest BCUT2D eigenvalue weighted by Gasteiger charge is 2.25. The zero-order valence-corrected chi connectivity index (χ0v) is 11.1. The third-order valence-electron chi connectivity index (χ3n) is 3.65. The maximum absolute atomic E-state index is 11.3. The average Bonchev–Trinajstić information content (AvgIpc) is 2.46. The smallest absolute Gasteiger partial charge is 0.292 e. The number of hydrogen-bond donors (Lipinski definition) is 2. The number of hydrogen-bond acceptors (Lipinski definition) is 5. The van der Waals surface area contributed by atoms with Crippen molar-refractivity contribution < 1.29 is 9.72 Å². The van der Waals surface area contributed by atoms with Crippen LogP contribution in [-0.4, -0.2) is 30.5 Å². The topological polar surface area (TPSA) is 115 Å². The van der Waals surface area contributed by atoms with Gasteiger partial charge >= 0.3 is 0 Å². The summed E-state index contributed by atoms with van der Waals surface area (Å²) in [6.45, 7) is 1.94. The molecule has 1 aliphatic rings. The molecule has 108 valence electrons. The minimum atomic E-state index is -0.589. The van der Waals surface area contributed by atoms with Crippen molar-refractivity contribution in [2.75, 3.05) is 24.5 Å². The summed E-state index contributed by atoms with van der Waals surface area (Å²) in [5.41, 5.74) is 11.6. The van der Waals surface area contributed by atoms with Gasteiger partial charge in [-0.25, -0.2) is 0 Å². The van der Waals surface area contributed by atoms with Gasteiger partial charge in [0.15, 0.2) is 0 Å². The van der Waals surface area contributed by atoms with Crippen molar-refractivity contribution in [3.05, 3.63) is 33.9 Å². The molecule has 0 spiro atoms. The molecule has 1 fully saturated rings. The number of anilines is 1. The molecule has 1 aromatic carbocycles. The van der Waals surface area contributed by atoms with Crippen LogP contribution < -0.4 is 16.4 Å². The number of benzene rings is 1. The molecule has 1 heterocycles.